The Hall–Kier alpha value is -1.34. The van der Waals surface area contributed by atoms with Gasteiger partial charge in [0.1, 0.15) is 0 Å². The summed E-state index contributed by atoms with van der Waals surface area (Å²) in [5, 5.41) is 0. The molecule has 0 aromatic heterocycles. The molecule has 0 radical (unpaired) electrons. The van der Waals surface area contributed by atoms with Gasteiger partial charge in [0.25, 0.3) is 0 Å². The lowest BCUT2D eigenvalue weighted by atomic mass is 10.0. The SMILES string of the molecule is CC(N)CCC(=O)N1CCN(CC(=O)N2CCCc3ccccc32)CC1.Cl.Cl. The van der Waals surface area contributed by atoms with E-state index >= 15 is 0 Å². The average molecular weight is 431 g/mol. The van der Waals surface area contributed by atoms with E-state index in [-0.39, 0.29) is 42.7 Å². The molecule has 1 aromatic carbocycles. The molecule has 2 N–H and O–H groups in total. The first-order chi connectivity index (χ1) is 12.5. The zero-order valence-corrected chi connectivity index (χ0v) is 18.1. The summed E-state index contributed by atoms with van der Waals surface area (Å²) >= 11 is 0. The third kappa shape index (κ3) is 6.34. The van der Waals surface area contributed by atoms with Crippen molar-refractivity contribution in [3.05, 3.63) is 29.8 Å². The first-order valence-corrected chi connectivity index (χ1v) is 9.68. The van der Waals surface area contributed by atoms with E-state index in [1.807, 2.05) is 34.9 Å². The maximum atomic E-state index is 12.8. The number of carbonyl (C=O) groups excluding carboxylic acids is 2. The summed E-state index contributed by atoms with van der Waals surface area (Å²) in [6, 6.07) is 8.25. The minimum Gasteiger partial charge on any atom is -0.340 e. The van der Waals surface area contributed by atoms with Gasteiger partial charge in [0, 0.05) is 50.9 Å². The molecule has 8 heteroatoms. The number of nitrogens with zero attached hydrogens (tertiary/aromatic N) is 3. The molecule has 1 unspecified atom stereocenters. The van der Waals surface area contributed by atoms with Crippen LogP contribution < -0.4 is 10.6 Å². The molecule has 1 aromatic rings. The van der Waals surface area contributed by atoms with E-state index in [4.69, 9.17) is 5.73 Å². The molecule has 0 aliphatic carbocycles. The number of halogens is 2. The summed E-state index contributed by atoms with van der Waals surface area (Å²) in [6.07, 6.45) is 3.31. The molecule has 3 rings (SSSR count). The number of hydrogen-bond acceptors (Lipinski definition) is 4. The van der Waals surface area contributed by atoms with Crippen LogP contribution in [0.15, 0.2) is 24.3 Å². The average Bonchev–Trinajstić information content (AvgIpc) is 2.66. The molecular formula is C20H32Cl2N4O2. The van der Waals surface area contributed by atoms with E-state index in [0.29, 0.717) is 26.1 Å². The van der Waals surface area contributed by atoms with Crippen LogP contribution in [-0.4, -0.2) is 66.9 Å². The highest BCUT2D eigenvalue weighted by atomic mass is 35.5. The summed E-state index contributed by atoms with van der Waals surface area (Å²) in [4.78, 5) is 31.0. The van der Waals surface area contributed by atoms with E-state index in [2.05, 4.69) is 11.0 Å². The number of nitrogens with two attached hydrogens (primary N) is 1. The van der Waals surface area contributed by atoms with Crippen molar-refractivity contribution in [3.63, 3.8) is 0 Å². The summed E-state index contributed by atoms with van der Waals surface area (Å²) in [5.74, 6) is 0.340. The largest absolute Gasteiger partial charge is 0.340 e. The Morgan fingerprint density at radius 2 is 1.71 bits per heavy atom. The van der Waals surface area contributed by atoms with Gasteiger partial charge in [0.2, 0.25) is 11.8 Å². The van der Waals surface area contributed by atoms with Gasteiger partial charge in [-0.05, 0) is 37.8 Å². The first-order valence-electron chi connectivity index (χ1n) is 9.68. The Bertz CT molecular complexity index is 649. The molecule has 28 heavy (non-hydrogen) atoms. The van der Waals surface area contributed by atoms with Gasteiger partial charge in [-0.1, -0.05) is 18.2 Å². The number of fused-ring (bicyclic) bond motifs is 1. The van der Waals surface area contributed by atoms with Crippen LogP contribution >= 0.6 is 24.8 Å². The predicted molar refractivity (Wildman–Crippen MR) is 118 cm³/mol. The number of rotatable bonds is 5. The van der Waals surface area contributed by atoms with Crippen molar-refractivity contribution >= 4 is 42.3 Å². The van der Waals surface area contributed by atoms with Crippen LogP contribution in [0.25, 0.3) is 0 Å². The number of hydrogen-bond donors (Lipinski definition) is 1. The maximum Gasteiger partial charge on any atom is 0.241 e. The Kier molecular flexibility index (Phi) is 10.2. The van der Waals surface area contributed by atoms with E-state index < -0.39 is 0 Å². The lowest BCUT2D eigenvalue weighted by Crippen LogP contribution is -2.52. The molecule has 2 aliphatic heterocycles. The van der Waals surface area contributed by atoms with Gasteiger partial charge in [-0.2, -0.15) is 0 Å². The standard InChI is InChI=1S/C20H30N4O2.2ClH/c1-16(21)8-9-19(25)23-13-11-22(12-14-23)15-20(26)24-10-4-6-17-5-2-3-7-18(17)24;;/h2-3,5,7,16H,4,6,8-15,21H2,1H3;2*1H. The van der Waals surface area contributed by atoms with Gasteiger partial charge >= 0.3 is 0 Å². The summed E-state index contributed by atoms with van der Waals surface area (Å²) < 4.78 is 0. The number of amides is 2. The summed E-state index contributed by atoms with van der Waals surface area (Å²) in [5.41, 5.74) is 8.06. The Labute approximate surface area is 180 Å². The van der Waals surface area contributed by atoms with Crippen molar-refractivity contribution in [1.82, 2.24) is 9.80 Å². The fourth-order valence-corrected chi connectivity index (χ4v) is 3.73. The quantitative estimate of drug-likeness (QED) is 0.775. The van der Waals surface area contributed by atoms with Crippen LogP contribution in [-0.2, 0) is 16.0 Å². The molecule has 2 amide bonds. The number of para-hydroxylation sites is 1. The Balaban J connectivity index is 0.00000196. The van der Waals surface area contributed by atoms with Crippen molar-refractivity contribution in [2.75, 3.05) is 44.2 Å². The van der Waals surface area contributed by atoms with Crippen LogP contribution in [0.1, 0.15) is 31.7 Å². The summed E-state index contributed by atoms with van der Waals surface area (Å²) in [6.45, 7) is 6.05. The van der Waals surface area contributed by atoms with Crippen molar-refractivity contribution in [2.24, 2.45) is 5.73 Å². The lowest BCUT2D eigenvalue weighted by molar-refractivity contribution is -0.133. The fraction of sp³-hybridized carbons (Fsp3) is 0.600. The van der Waals surface area contributed by atoms with Crippen LogP contribution in [0.4, 0.5) is 5.69 Å². The molecule has 6 nitrogen and oxygen atoms in total. The number of carbonyl (C=O) groups is 2. The van der Waals surface area contributed by atoms with Crippen LogP contribution in [0, 0.1) is 0 Å². The van der Waals surface area contributed by atoms with E-state index in [0.717, 1.165) is 44.6 Å². The molecule has 0 bridgehead atoms. The van der Waals surface area contributed by atoms with E-state index in [9.17, 15) is 9.59 Å². The van der Waals surface area contributed by atoms with Crippen LogP contribution in [0.2, 0.25) is 0 Å². The molecule has 0 spiro atoms. The molecule has 0 saturated carbocycles. The number of piperazine rings is 1. The van der Waals surface area contributed by atoms with E-state index in [1.54, 1.807) is 0 Å². The van der Waals surface area contributed by atoms with Crippen molar-refractivity contribution < 1.29 is 9.59 Å². The first kappa shape index (κ1) is 24.7. The molecule has 158 valence electrons. The van der Waals surface area contributed by atoms with Gasteiger partial charge in [-0.25, -0.2) is 0 Å². The minimum atomic E-state index is 0. The highest BCUT2D eigenvalue weighted by Gasteiger charge is 2.26. The maximum absolute atomic E-state index is 12.8. The summed E-state index contributed by atoms with van der Waals surface area (Å²) in [7, 11) is 0. The number of aryl methyl sites for hydroxylation is 1. The molecule has 2 aliphatic rings. The van der Waals surface area contributed by atoms with Crippen molar-refractivity contribution in [1.29, 1.82) is 0 Å². The lowest BCUT2D eigenvalue weighted by Gasteiger charge is -2.36. The van der Waals surface area contributed by atoms with Crippen LogP contribution in [0.3, 0.4) is 0 Å². The van der Waals surface area contributed by atoms with Crippen molar-refractivity contribution in [2.45, 2.75) is 38.6 Å². The topological polar surface area (TPSA) is 69.9 Å². The third-order valence-electron chi connectivity index (χ3n) is 5.31. The molecule has 2 heterocycles. The second-order valence-corrected chi connectivity index (χ2v) is 7.45. The van der Waals surface area contributed by atoms with Gasteiger partial charge in [-0.3, -0.25) is 14.5 Å². The Morgan fingerprint density at radius 3 is 2.39 bits per heavy atom. The molecule has 1 saturated heterocycles. The van der Waals surface area contributed by atoms with E-state index in [1.165, 1.54) is 5.56 Å². The molecular weight excluding hydrogens is 399 g/mol. The highest BCUT2D eigenvalue weighted by molar-refractivity contribution is 5.96. The monoisotopic (exact) mass is 430 g/mol. The van der Waals surface area contributed by atoms with Gasteiger partial charge in [-0.15, -0.1) is 24.8 Å². The molecule has 1 fully saturated rings. The third-order valence-corrected chi connectivity index (χ3v) is 5.31. The highest BCUT2D eigenvalue weighted by Crippen LogP contribution is 2.26. The van der Waals surface area contributed by atoms with Crippen molar-refractivity contribution in [3.8, 4) is 0 Å². The predicted octanol–water partition coefficient (Wildman–Crippen LogP) is 2.08. The molecule has 1 atom stereocenters. The Morgan fingerprint density at radius 1 is 1.04 bits per heavy atom. The second kappa shape index (κ2) is 11.6. The fourth-order valence-electron chi connectivity index (χ4n) is 3.73. The second-order valence-electron chi connectivity index (χ2n) is 7.45. The van der Waals surface area contributed by atoms with Gasteiger partial charge in [0.05, 0.1) is 6.54 Å². The zero-order valence-electron chi connectivity index (χ0n) is 16.5. The zero-order chi connectivity index (χ0) is 18.5. The normalized spacial score (nSPS) is 17.8. The number of benzene rings is 1. The van der Waals surface area contributed by atoms with Gasteiger partial charge in [0.15, 0.2) is 0 Å². The minimum absolute atomic E-state index is 0. The number of anilines is 1. The smallest absolute Gasteiger partial charge is 0.241 e. The van der Waals surface area contributed by atoms with Gasteiger partial charge < -0.3 is 15.5 Å². The van der Waals surface area contributed by atoms with Crippen LogP contribution in [0.5, 0.6) is 0 Å².